The molecular formula is C14H21N3. The zero-order valence-corrected chi connectivity index (χ0v) is 10.9. The Morgan fingerprint density at radius 2 is 1.94 bits per heavy atom. The van der Waals surface area contributed by atoms with Crippen LogP contribution in [-0.4, -0.2) is 31.6 Å². The lowest BCUT2D eigenvalue weighted by Crippen LogP contribution is -2.49. The molecule has 17 heavy (non-hydrogen) atoms. The molecule has 3 nitrogen and oxygen atoms in total. The molecule has 0 amide bonds. The monoisotopic (exact) mass is 231 g/mol. The van der Waals surface area contributed by atoms with E-state index in [-0.39, 0.29) is 0 Å². The molecule has 0 spiro atoms. The van der Waals surface area contributed by atoms with Gasteiger partial charge in [-0.05, 0) is 25.7 Å². The third-order valence-corrected chi connectivity index (χ3v) is 2.98. The van der Waals surface area contributed by atoms with Gasteiger partial charge in [0.2, 0.25) is 0 Å². The molecule has 1 atom stereocenters. The topological polar surface area (TPSA) is 39.1 Å². The SMILES string of the molecule is CCNC(C#N)(CN(C)CC)c1ccccc1. The minimum absolute atomic E-state index is 0.610. The van der Waals surface area contributed by atoms with Crippen molar-refractivity contribution in [3.63, 3.8) is 0 Å². The molecule has 92 valence electrons. The molecule has 1 rings (SSSR count). The van der Waals surface area contributed by atoms with Gasteiger partial charge in [0.1, 0.15) is 5.54 Å². The fourth-order valence-electron chi connectivity index (χ4n) is 1.93. The van der Waals surface area contributed by atoms with E-state index < -0.39 is 5.54 Å². The lowest BCUT2D eigenvalue weighted by Gasteiger charge is -2.32. The van der Waals surface area contributed by atoms with Crippen LogP contribution < -0.4 is 5.32 Å². The molecule has 0 radical (unpaired) electrons. The molecule has 0 aliphatic rings. The highest BCUT2D eigenvalue weighted by Crippen LogP contribution is 2.21. The van der Waals surface area contributed by atoms with Crippen LogP contribution in [0.2, 0.25) is 0 Å². The van der Waals surface area contributed by atoms with Crippen molar-refractivity contribution in [2.45, 2.75) is 19.4 Å². The Balaban J connectivity index is 3.05. The third kappa shape index (κ3) is 3.29. The molecule has 1 aromatic carbocycles. The second-order valence-electron chi connectivity index (χ2n) is 4.24. The van der Waals surface area contributed by atoms with E-state index in [4.69, 9.17) is 0 Å². The summed E-state index contributed by atoms with van der Waals surface area (Å²) in [5.74, 6) is 0. The highest BCUT2D eigenvalue weighted by molar-refractivity contribution is 5.32. The van der Waals surface area contributed by atoms with Gasteiger partial charge in [0, 0.05) is 6.54 Å². The minimum atomic E-state index is -0.610. The number of nitriles is 1. The fraction of sp³-hybridized carbons (Fsp3) is 0.500. The van der Waals surface area contributed by atoms with Gasteiger partial charge in [-0.15, -0.1) is 0 Å². The van der Waals surface area contributed by atoms with E-state index >= 15 is 0 Å². The standard InChI is InChI=1S/C14H21N3/c1-4-16-14(11-15,12-17(3)5-2)13-9-7-6-8-10-13/h6-10,16H,4-5,12H2,1-3H3. The van der Waals surface area contributed by atoms with Gasteiger partial charge in [0.25, 0.3) is 0 Å². The summed E-state index contributed by atoms with van der Waals surface area (Å²) in [5.41, 5.74) is 0.422. The number of nitrogens with zero attached hydrogens (tertiary/aromatic N) is 2. The van der Waals surface area contributed by atoms with E-state index in [9.17, 15) is 5.26 Å². The molecule has 0 aliphatic carbocycles. The molecule has 1 N–H and O–H groups in total. The molecule has 0 bridgehead atoms. The molecule has 0 heterocycles. The van der Waals surface area contributed by atoms with Gasteiger partial charge in [0.05, 0.1) is 6.07 Å². The van der Waals surface area contributed by atoms with Crippen molar-refractivity contribution < 1.29 is 0 Å². The zero-order valence-electron chi connectivity index (χ0n) is 10.9. The highest BCUT2D eigenvalue weighted by Gasteiger charge is 2.32. The van der Waals surface area contributed by atoms with Crippen LogP contribution in [0.5, 0.6) is 0 Å². The predicted octanol–water partition coefficient (Wildman–Crippen LogP) is 1.97. The van der Waals surface area contributed by atoms with Crippen LogP contribution in [0, 0.1) is 11.3 Å². The molecule has 0 aromatic heterocycles. The van der Waals surface area contributed by atoms with E-state index in [2.05, 4.69) is 23.2 Å². The first-order chi connectivity index (χ1) is 8.18. The predicted molar refractivity (Wildman–Crippen MR) is 70.6 cm³/mol. The Bertz CT molecular complexity index is 369. The molecule has 1 aromatic rings. The number of hydrogen-bond acceptors (Lipinski definition) is 3. The highest BCUT2D eigenvalue weighted by atomic mass is 15.1. The number of nitrogens with one attached hydrogen (secondary N) is 1. The number of benzene rings is 1. The van der Waals surface area contributed by atoms with Crippen LogP contribution >= 0.6 is 0 Å². The second kappa shape index (κ2) is 6.39. The van der Waals surface area contributed by atoms with E-state index in [1.807, 2.05) is 44.3 Å². The zero-order chi connectivity index (χ0) is 12.7. The fourth-order valence-corrected chi connectivity index (χ4v) is 1.93. The maximum Gasteiger partial charge on any atom is 0.145 e. The summed E-state index contributed by atoms with van der Waals surface area (Å²) in [6.45, 7) is 6.53. The van der Waals surface area contributed by atoms with Crippen molar-refractivity contribution in [2.75, 3.05) is 26.7 Å². The third-order valence-electron chi connectivity index (χ3n) is 2.98. The summed E-state index contributed by atoms with van der Waals surface area (Å²) in [5, 5.41) is 12.9. The van der Waals surface area contributed by atoms with E-state index in [0.29, 0.717) is 6.54 Å². The van der Waals surface area contributed by atoms with Gasteiger partial charge in [-0.1, -0.05) is 44.2 Å². The Labute approximate surface area is 104 Å². The number of hydrogen-bond donors (Lipinski definition) is 1. The normalized spacial score (nSPS) is 14.3. The van der Waals surface area contributed by atoms with Crippen LogP contribution in [0.15, 0.2) is 30.3 Å². The first-order valence-corrected chi connectivity index (χ1v) is 6.09. The summed E-state index contributed by atoms with van der Waals surface area (Å²) in [4.78, 5) is 2.15. The van der Waals surface area contributed by atoms with Gasteiger partial charge in [0.15, 0.2) is 0 Å². The lowest BCUT2D eigenvalue weighted by atomic mass is 9.90. The van der Waals surface area contributed by atoms with Crippen LogP contribution in [0.1, 0.15) is 19.4 Å². The molecule has 3 heteroatoms. The Kier molecular flexibility index (Phi) is 5.14. The van der Waals surface area contributed by atoms with Crippen LogP contribution in [0.25, 0.3) is 0 Å². The summed E-state index contributed by atoms with van der Waals surface area (Å²) < 4.78 is 0. The van der Waals surface area contributed by atoms with Crippen LogP contribution in [0.3, 0.4) is 0 Å². The van der Waals surface area contributed by atoms with Crippen molar-refractivity contribution in [1.82, 2.24) is 10.2 Å². The van der Waals surface area contributed by atoms with Crippen molar-refractivity contribution >= 4 is 0 Å². The maximum absolute atomic E-state index is 9.57. The second-order valence-corrected chi connectivity index (χ2v) is 4.24. The molecule has 1 unspecified atom stereocenters. The van der Waals surface area contributed by atoms with Gasteiger partial charge < -0.3 is 4.90 Å². The molecular weight excluding hydrogens is 210 g/mol. The van der Waals surface area contributed by atoms with Gasteiger partial charge in [-0.3, -0.25) is 5.32 Å². The molecule has 0 saturated carbocycles. The van der Waals surface area contributed by atoms with Gasteiger partial charge in [-0.2, -0.15) is 5.26 Å². The van der Waals surface area contributed by atoms with Gasteiger partial charge >= 0.3 is 0 Å². The van der Waals surface area contributed by atoms with Crippen LogP contribution in [0.4, 0.5) is 0 Å². The van der Waals surface area contributed by atoms with Crippen molar-refractivity contribution in [1.29, 1.82) is 5.26 Å². The molecule has 0 aliphatic heterocycles. The number of likely N-dealkylation sites (N-methyl/N-ethyl adjacent to an activating group) is 2. The summed E-state index contributed by atoms with van der Waals surface area (Å²) in [6.07, 6.45) is 0. The molecule has 0 fully saturated rings. The quantitative estimate of drug-likeness (QED) is 0.813. The van der Waals surface area contributed by atoms with Crippen molar-refractivity contribution in [2.24, 2.45) is 0 Å². The average Bonchev–Trinajstić information content (AvgIpc) is 2.39. The first-order valence-electron chi connectivity index (χ1n) is 6.09. The summed E-state index contributed by atoms with van der Waals surface area (Å²) in [6, 6.07) is 12.4. The van der Waals surface area contributed by atoms with Crippen molar-refractivity contribution in [3.8, 4) is 6.07 Å². The summed E-state index contributed by atoms with van der Waals surface area (Å²) in [7, 11) is 2.03. The molecule has 0 saturated heterocycles. The lowest BCUT2D eigenvalue weighted by molar-refractivity contribution is 0.261. The first kappa shape index (κ1) is 13.7. The summed E-state index contributed by atoms with van der Waals surface area (Å²) >= 11 is 0. The smallest absolute Gasteiger partial charge is 0.145 e. The van der Waals surface area contributed by atoms with E-state index in [0.717, 1.165) is 18.7 Å². The minimum Gasteiger partial charge on any atom is -0.303 e. The van der Waals surface area contributed by atoms with Gasteiger partial charge in [-0.25, -0.2) is 0 Å². The average molecular weight is 231 g/mol. The largest absolute Gasteiger partial charge is 0.303 e. The number of rotatable bonds is 6. The van der Waals surface area contributed by atoms with E-state index in [1.54, 1.807) is 0 Å². The van der Waals surface area contributed by atoms with Crippen molar-refractivity contribution in [3.05, 3.63) is 35.9 Å². The van der Waals surface area contributed by atoms with Crippen LogP contribution in [-0.2, 0) is 5.54 Å². The maximum atomic E-state index is 9.57. The Morgan fingerprint density at radius 1 is 1.29 bits per heavy atom. The van der Waals surface area contributed by atoms with E-state index in [1.165, 1.54) is 0 Å². The Hall–Kier alpha value is -1.37. The Morgan fingerprint density at radius 3 is 2.41 bits per heavy atom.